The average Bonchev–Trinajstić information content (AvgIpc) is 3.12. The second-order valence-electron chi connectivity index (χ2n) is 8.22. The number of anilines is 2. The summed E-state index contributed by atoms with van der Waals surface area (Å²) >= 11 is 0. The van der Waals surface area contributed by atoms with Crippen LogP contribution in [0.3, 0.4) is 0 Å². The summed E-state index contributed by atoms with van der Waals surface area (Å²) in [5.41, 5.74) is 13.7. The second kappa shape index (κ2) is 6.13. The van der Waals surface area contributed by atoms with Crippen molar-refractivity contribution in [2.75, 3.05) is 24.2 Å². The van der Waals surface area contributed by atoms with E-state index in [1.807, 2.05) is 25.0 Å². The molecule has 27 heavy (non-hydrogen) atoms. The Morgan fingerprint density at radius 2 is 2.11 bits per heavy atom. The van der Waals surface area contributed by atoms with Crippen molar-refractivity contribution in [2.45, 2.75) is 49.6 Å². The first-order valence-electron chi connectivity index (χ1n) is 9.79. The normalized spacial score (nSPS) is 28.7. The summed E-state index contributed by atoms with van der Waals surface area (Å²) in [7, 11) is 3.99. The molecule has 2 aromatic heterocycles. The third kappa shape index (κ3) is 2.85. The molecule has 3 fully saturated rings. The topological polar surface area (TPSA) is 110 Å². The van der Waals surface area contributed by atoms with Gasteiger partial charge in [-0.15, -0.1) is 0 Å². The quantitative estimate of drug-likeness (QED) is 0.721. The van der Waals surface area contributed by atoms with Gasteiger partial charge in [-0.05, 0) is 44.1 Å². The zero-order valence-electron chi connectivity index (χ0n) is 15.9. The Bertz CT molecular complexity index is 843. The highest BCUT2D eigenvalue weighted by molar-refractivity contribution is 5.44. The molecule has 0 radical (unpaired) electrons. The molecule has 2 saturated carbocycles. The summed E-state index contributed by atoms with van der Waals surface area (Å²) in [4.78, 5) is 15.9. The van der Waals surface area contributed by atoms with Gasteiger partial charge < -0.3 is 10.6 Å². The lowest BCUT2D eigenvalue weighted by atomic mass is 9.79. The molecule has 9 nitrogen and oxygen atoms in total. The first kappa shape index (κ1) is 16.9. The molecule has 3 aliphatic rings. The lowest BCUT2D eigenvalue weighted by Crippen LogP contribution is -2.37. The Balaban J connectivity index is 1.42. The minimum atomic E-state index is -0.124. The molecule has 3 atom stereocenters. The molecule has 0 amide bonds. The summed E-state index contributed by atoms with van der Waals surface area (Å²) in [5, 5.41) is 4.62. The summed E-state index contributed by atoms with van der Waals surface area (Å²) in [6, 6.07) is 2.57. The van der Waals surface area contributed by atoms with Crippen LogP contribution in [0.5, 0.6) is 0 Å². The molecule has 3 unspecified atom stereocenters. The molecular formula is C18H27N9. The zero-order valence-corrected chi connectivity index (χ0v) is 15.9. The van der Waals surface area contributed by atoms with Gasteiger partial charge in [0.1, 0.15) is 5.82 Å². The van der Waals surface area contributed by atoms with Gasteiger partial charge >= 0.3 is 0 Å². The van der Waals surface area contributed by atoms with Gasteiger partial charge in [-0.1, -0.05) is 0 Å². The number of aryl methyl sites for hydroxylation is 1. The van der Waals surface area contributed by atoms with Crippen LogP contribution in [-0.2, 0) is 12.6 Å². The molecular weight excluding hydrogens is 342 g/mol. The van der Waals surface area contributed by atoms with Crippen molar-refractivity contribution >= 4 is 11.9 Å². The van der Waals surface area contributed by atoms with Crippen molar-refractivity contribution in [1.82, 2.24) is 35.6 Å². The predicted octanol–water partition coefficient (Wildman–Crippen LogP) is 0.673. The summed E-state index contributed by atoms with van der Waals surface area (Å²) < 4.78 is 1.84. The van der Waals surface area contributed by atoms with Gasteiger partial charge in [0, 0.05) is 38.8 Å². The van der Waals surface area contributed by atoms with Crippen LogP contribution >= 0.6 is 0 Å². The van der Waals surface area contributed by atoms with Gasteiger partial charge in [0.15, 0.2) is 0 Å². The van der Waals surface area contributed by atoms with Crippen molar-refractivity contribution in [3.8, 4) is 0 Å². The maximum atomic E-state index is 6.08. The number of fused-ring (bicyclic) bond motifs is 1. The number of aromatic nitrogens is 5. The Hall–Kier alpha value is -2.26. The maximum absolute atomic E-state index is 6.08. The predicted molar refractivity (Wildman–Crippen MR) is 102 cm³/mol. The first-order valence-corrected chi connectivity index (χ1v) is 9.79. The van der Waals surface area contributed by atoms with Gasteiger partial charge in [0.25, 0.3) is 0 Å². The number of hydrogen-bond acceptors (Lipinski definition) is 8. The standard InChI is InChI=1S/C18H27N9/c1-26-8-5-14(25-26)18(6-7-18)27(2)17-22-15(21-16(19)23-17)11-3-4-12-10-20-24-13(12)9-11/h5,8,11-13,20,24H,3-4,6-7,9-10H2,1-2H3,(H2,19,21,22,23). The SMILES string of the molecule is CN(c1nc(N)nc(C2CCC3CNNC3C2)n1)C1(c2ccn(C)n2)CC1. The highest BCUT2D eigenvalue weighted by atomic mass is 15.4. The summed E-state index contributed by atoms with van der Waals surface area (Å²) in [5.74, 6) is 2.81. The molecule has 2 aliphatic carbocycles. The van der Waals surface area contributed by atoms with Crippen LogP contribution < -0.4 is 21.5 Å². The van der Waals surface area contributed by atoms with E-state index in [0.29, 0.717) is 29.8 Å². The lowest BCUT2D eigenvalue weighted by Gasteiger charge is -2.31. The monoisotopic (exact) mass is 369 g/mol. The van der Waals surface area contributed by atoms with E-state index < -0.39 is 0 Å². The maximum Gasteiger partial charge on any atom is 0.230 e. The second-order valence-corrected chi connectivity index (χ2v) is 8.22. The number of hydrogen-bond donors (Lipinski definition) is 3. The van der Waals surface area contributed by atoms with E-state index in [9.17, 15) is 0 Å². The minimum Gasteiger partial charge on any atom is -0.368 e. The van der Waals surface area contributed by atoms with E-state index in [0.717, 1.165) is 43.7 Å². The fourth-order valence-electron chi connectivity index (χ4n) is 4.68. The first-order chi connectivity index (χ1) is 13.0. The van der Waals surface area contributed by atoms with E-state index in [1.165, 1.54) is 6.42 Å². The Labute approximate surface area is 158 Å². The smallest absolute Gasteiger partial charge is 0.230 e. The highest BCUT2D eigenvalue weighted by Crippen LogP contribution is 2.50. The summed E-state index contributed by atoms with van der Waals surface area (Å²) in [6.45, 7) is 1.05. The number of nitrogens with one attached hydrogen (secondary N) is 2. The van der Waals surface area contributed by atoms with E-state index in [1.54, 1.807) is 0 Å². The van der Waals surface area contributed by atoms with Crippen LogP contribution in [-0.4, -0.2) is 44.4 Å². The molecule has 4 N–H and O–H groups in total. The lowest BCUT2D eigenvalue weighted by molar-refractivity contribution is 0.296. The third-order valence-electron chi connectivity index (χ3n) is 6.52. The minimum absolute atomic E-state index is 0.124. The van der Waals surface area contributed by atoms with E-state index in [4.69, 9.17) is 10.7 Å². The van der Waals surface area contributed by atoms with Gasteiger partial charge in [0.05, 0.1) is 11.2 Å². The third-order valence-corrected chi connectivity index (χ3v) is 6.52. The molecule has 1 aliphatic heterocycles. The molecule has 1 saturated heterocycles. The van der Waals surface area contributed by atoms with Crippen molar-refractivity contribution in [3.63, 3.8) is 0 Å². The van der Waals surface area contributed by atoms with Gasteiger partial charge in [-0.3, -0.25) is 15.5 Å². The molecule has 9 heteroatoms. The number of nitrogens with zero attached hydrogens (tertiary/aromatic N) is 6. The molecule has 2 aromatic rings. The van der Waals surface area contributed by atoms with Crippen LogP contribution in [0.15, 0.2) is 12.3 Å². The van der Waals surface area contributed by atoms with Crippen LogP contribution in [0.2, 0.25) is 0 Å². The molecule has 3 heterocycles. The van der Waals surface area contributed by atoms with Gasteiger partial charge in [0.2, 0.25) is 11.9 Å². The van der Waals surface area contributed by atoms with Crippen LogP contribution in [0.25, 0.3) is 0 Å². The Kier molecular flexibility index (Phi) is 3.83. The van der Waals surface area contributed by atoms with Gasteiger partial charge in [-0.25, -0.2) is 0 Å². The number of rotatable bonds is 4. The largest absolute Gasteiger partial charge is 0.368 e. The van der Waals surface area contributed by atoms with Gasteiger partial charge in [-0.2, -0.15) is 20.1 Å². The number of hydrazine groups is 1. The van der Waals surface area contributed by atoms with E-state index in [-0.39, 0.29) is 5.54 Å². The summed E-state index contributed by atoms with van der Waals surface area (Å²) in [6.07, 6.45) is 7.40. The molecule has 5 rings (SSSR count). The Morgan fingerprint density at radius 3 is 2.85 bits per heavy atom. The Morgan fingerprint density at radius 1 is 1.26 bits per heavy atom. The van der Waals surface area contributed by atoms with Crippen molar-refractivity contribution in [2.24, 2.45) is 13.0 Å². The highest BCUT2D eigenvalue weighted by Gasteiger charge is 2.51. The van der Waals surface area contributed by atoms with E-state index in [2.05, 4.69) is 36.9 Å². The van der Waals surface area contributed by atoms with Crippen molar-refractivity contribution in [1.29, 1.82) is 0 Å². The fourth-order valence-corrected chi connectivity index (χ4v) is 4.68. The van der Waals surface area contributed by atoms with Crippen molar-refractivity contribution in [3.05, 3.63) is 23.8 Å². The molecule has 0 spiro atoms. The average molecular weight is 369 g/mol. The zero-order chi connectivity index (χ0) is 18.6. The number of nitrogen functional groups attached to an aromatic ring is 1. The van der Waals surface area contributed by atoms with Crippen molar-refractivity contribution < 1.29 is 0 Å². The molecule has 144 valence electrons. The fraction of sp³-hybridized carbons (Fsp3) is 0.667. The van der Waals surface area contributed by atoms with E-state index >= 15 is 0 Å². The number of nitrogens with two attached hydrogens (primary N) is 1. The van der Waals surface area contributed by atoms with Crippen LogP contribution in [0, 0.1) is 5.92 Å². The molecule has 0 bridgehead atoms. The van der Waals surface area contributed by atoms with Crippen LogP contribution in [0.1, 0.15) is 49.5 Å². The molecule has 0 aromatic carbocycles. The van der Waals surface area contributed by atoms with Crippen LogP contribution in [0.4, 0.5) is 11.9 Å².